The van der Waals surface area contributed by atoms with Gasteiger partial charge in [-0.25, -0.2) is 10.2 Å². The molecule has 5 heteroatoms. The molecule has 0 aliphatic heterocycles. The van der Waals surface area contributed by atoms with Crippen LogP contribution in [0.2, 0.25) is 0 Å². The first kappa shape index (κ1) is 13.4. The summed E-state index contributed by atoms with van der Waals surface area (Å²) in [5.74, 6) is 0.818. The number of primary amides is 1. The number of rotatable bonds is 2. The van der Waals surface area contributed by atoms with Crippen LogP contribution in [0.15, 0.2) is 35.4 Å². The quantitative estimate of drug-likeness (QED) is 0.831. The molecule has 0 atom stereocenters. The summed E-state index contributed by atoms with van der Waals surface area (Å²) in [4.78, 5) is 10.9. The van der Waals surface area contributed by atoms with Crippen LogP contribution < -0.4 is 15.9 Å². The molecule has 0 radical (unpaired) electrons. The minimum absolute atomic E-state index is 0.651. The third-order valence-electron chi connectivity index (χ3n) is 3.79. The zero-order valence-corrected chi connectivity index (χ0v) is 11.8. The Kier molecular flexibility index (Phi) is 3.48. The Morgan fingerprint density at radius 1 is 1.29 bits per heavy atom. The van der Waals surface area contributed by atoms with Gasteiger partial charge in [-0.05, 0) is 36.3 Å². The molecule has 2 amide bonds. The zero-order valence-electron chi connectivity index (χ0n) is 11.8. The summed E-state index contributed by atoms with van der Waals surface area (Å²) in [7, 11) is 1.66. The smallest absolute Gasteiger partial charge is 0.332 e. The predicted molar refractivity (Wildman–Crippen MR) is 82.7 cm³/mol. The number of ether oxygens (including phenoxy) is 1. The number of nitrogens with one attached hydrogen (secondary N) is 1. The van der Waals surface area contributed by atoms with E-state index >= 15 is 0 Å². The number of carbonyl (C=O) groups excluding carboxylic acids is 1. The molecule has 0 saturated heterocycles. The number of hydrazone groups is 1. The molecular weight excluding hydrogens is 266 g/mol. The maximum Gasteiger partial charge on any atom is 0.332 e. The second-order valence-electron chi connectivity index (χ2n) is 5.04. The number of carbonyl (C=O) groups is 1. The minimum Gasteiger partial charge on any atom is -0.496 e. The Labute approximate surface area is 122 Å². The lowest BCUT2D eigenvalue weighted by atomic mass is 9.86. The van der Waals surface area contributed by atoms with Gasteiger partial charge in [-0.2, -0.15) is 5.10 Å². The number of amides is 2. The molecule has 0 heterocycles. The van der Waals surface area contributed by atoms with Crippen molar-refractivity contribution in [3.8, 4) is 5.75 Å². The fourth-order valence-electron chi connectivity index (χ4n) is 2.90. The Morgan fingerprint density at radius 2 is 2.05 bits per heavy atom. The number of benzene rings is 2. The molecule has 2 aromatic rings. The molecule has 21 heavy (non-hydrogen) atoms. The number of fused-ring (bicyclic) bond motifs is 3. The summed E-state index contributed by atoms with van der Waals surface area (Å²) in [5.41, 5.74) is 10.6. The van der Waals surface area contributed by atoms with Gasteiger partial charge < -0.3 is 10.5 Å². The summed E-state index contributed by atoms with van der Waals surface area (Å²) in [5, 5.41) is 6.42. The van der Waals surface area contributed by atoms with Crippen molar-refractivity contribution in [1.29, 1.82) is 0 Å². The lowest BCUT2D eigenvalue weighted by Crippen LogP contribution is -2.27. The highest BCUT2D eigenvalue weighted by molar-refractivity contribution is 6.08. The van der Waals surface area contributed by atoms with E-state index < -0.39 is 6.03 Å². The van der Waals surface area contributed by atoms with E-state index in [-0.39, 0.29) is 0 Å². The first-order valence-corrected chi connectivity index (χ1v) is 6.91. The van der Waals surface area contributed by atoms with Gasteiger partial charge >= 0.3 is 6.03 Å². The number of nitrogens with two attached hydrogens (primary N) is 1. The average Bonchev–Trinajstić information content (AvgIpc) is 2.52. The van der Waals surface area contributed by atoms with Gasteiger partial charge in [0.05, 0.1) is 12.8 Å². The van der Waals surface area contributed by atoms with Crippen LogP contribution in [0.25, 0.3) is 10.8 Å². The fourth-order valence-corrected chi connectivity index (χ4v) is 2.90. The zero-order chi connectivity index (χ0) is 14.8. The average molecular weight is 283 g/mol. The molecule has 3 N–H and O–H groups in total. The van der Waals surface area contributed by atoms with Gasteiger partial charge in [-0.15, -0.1) is 0 Å². The standard InChI is InChI=1S/C16H17N3O2/c1-21-15-9-13-11(10-5-2-3-6-12(10)15)7-4-8-14(13)18-19-16(17)20/h2-3,5-6,9H,4,7-8H2,1H3,(H3,17,19,20)/b18-14+. The van der Waals surface area contributed by atoms with E-state index in [1.54, 1.807) is 7.11 Å². The van der Waals surface area contributed by atoms with Crippen molar-refractivity contribution in [2.75, 3.05) is 7.11 Å². The molecule has 0 aromatic heterocycles. The van der Waals surface area contributed by atoms with Crippen molar-refractivity contribution < 1.29 is 9.53 Å². The molecule has 108 valence electrons. The topological polar surface area (TPSA) is 76.7 Å². The first-order chi connectivity index (χ1) is 10.2. The van der Waals surface area contributed by atoms with Crippen molar-refractivity contribution in [3.05, 3.63) is 41.5 Å². The molecule has 1 aliphatic carbocycles. The number of aryl methyl sites for hydroxylation is 1. The second kappa shape index (κ2) is 5.44. The van der Waals surface area contributed by atoms with E-state index in [0.29, 0.717) is 0 Å². The van der Waals surface area contributed by atoms with Crippen LogP contribution in [0.5, 0.6) is 5.75 Å². The van der Waals surface area contributed by atoms with Crippen LogP contribution >= 0.6 is 0 Å². The first-order valence-electron chi connectivity index (χ1n) is 6.91. The van der Waals surface area contributed by atoms with E-state index in [9.17, 15) is 4.79 Å². The number of hydrogen-bond donors (Lipinski definition) is 2. The molecular formula is C16H17N3O2. The second-order valence-corrected chi connectivity index (χ2v) is 5.04. The SMILES string of the molecule is COc1cc2c(c3ccccc13)CCC/C2=N\NC(N)=O. The summed E-state index contributed by atoms with van der Waals surface area (Å²) >= 11 is 0. The monoisotopic (exact) mass is 283 g/mol. The molecule has 0 bridgehead atoms. The molecule has 0 spiro atoms. The molecule has 3 rings (SSSR count). The van der Waals surface area contributed by atoms with Crippen LogP contribution in [0.3, 0.4) is 0 Å². The third-order valence-corrected chi connectivity index (χ3v) is 3.79. The number of urea groups is 1. The van der Waals surface area contributed by atoms with Gasteiger partial charge in [0.1, 0.15) is 5.75 Å². The Morgan fingerprint density at radius 3 is 2.76 bits per heavy atom. The van der Waals surface area contributed by atoms with Gasteiger partial charge in [0, 0.05) is 10.9 Å². The van der Waals surface area contributed by atoms with Crippen molar-refractivity contribution in [2.24, 2.45) is 10.8 Å². The van der Waals surface area contributed by atoms with Crippen molar-refractivity contribution in [1.82, 2.24) is 5.43 Å². The van der Waals surface area contributed by atoms with Crippen molar-refractivity contribution in [2.45, 2.75) is 19.3 Å². The van der Waals surface area contributed by atoms with Crippen LogP contribution in [0.4, 0.5) is 4.79 Å². The fraction of sp³-hybridized carbons (Fsp3) is 0.250. The molecule has 0 unspecified atom stereocenters. The number of nitrogens with zero attached hydrogens (tertiary/aromatic N) is 1. The predicted octanol–water partition coefficient (Wildman–Crippen LogP) is 2.56. The Balaban J connectivity index is 2.21. The van der Waals surface area contributed by atoms with E-state index in [1.165, 1.54) is 10.9 Å². The maximum atomic E-state index is 10.9. The van der Waals surface area contributed by atoms with Gasteiger partial charge in [0.25, 0.3) is 0 Å². The summed E-state index contributed by atoms with van der Waals surface area (Å²) in [6, 6.07) is 9.53. The normalized spacial score (nSPS) is 15.8. The summed E-state index contributed by atoms with van der Waals surface area (Å²) in [6.07, 6.45) is 2.81. The summed E-state index contributed by atoms with van der Waals surface area (Å²) in [6.45, 7) is 0. The van der Waals surface area contributed by atoms with Crippen molar-refractivity contribution >= 4 is 22.5 Å². The van der Waals surface area contributed by atoms with Gasteiger partial charge in [0.2, 0.25) is 0 Å². The van der Waals surface area contributed by atoms with Crippen LogP contribution in [0.1, 0.15) is 24.0 Å². The Hall–Kier alpha value is -2.56. The van der Waals surface area contributed by atoms with E-state index in [0.717, 1.165) is 41.7 Å². The molecule has 5 nitrogen and oxygen atoms in total. The minimum atomic E-state index is -0.651. The number of hydrogen-bond acceptors (Lipinski definition) is 3. The van der Waals surface area contributed by atoms with Gasteiger partial charge in [-0.3, -0.25) is 0 Å². The summed E-state index contributed by atoms with van der Waals surface area (Å²) < 4.78 is 5.50. The Bertz CT molecular complexity index is 738. The molecule has 0 fully saturated rings. The van der Waals surface area contributed by atoms with E-state index in [2.05, 4.69) is 22.7 Å². The van der Waals surface area contributed by atoms with Crippen LogP contribution in [-0.2, 0) is 6.42 Å². The van der Waals surface area contributed by atoms with Crippen molar-refractivity contribution in [3.63, 3.8) is 0 Å². The van der Waals surface area contributed by atoms with E-state index in [4.69, 9.17) is 10.5 Å². The third kappa shape index (κ3) is 2.42. The maximum absolute atomic E-state index is 10.9. The van der Waals surface area contributed by atoms with Crippen LogP contribution in [-0.4, -0.2) is 18.9 Å². The highest BCUT2D eigenvalue weighted by Gasteiger charge is 2.20. The molecule has 0 saturated carbocycles. The number of methoxy groups -OCH3 is 1. The highest BCUT2D eigenvalue weighted by Crippen LogP contribution is 2.35. The lowest BCUT2D eigenvalue weighted by molar-refractivity contribution is 0.249. The van der Waals surface area contributed by atoms with Crippen LogP contribution in [0, 0.1) is 0 Å². The lowest BCUT2D eigenvalue weighted by Gasteiger charge is -2.21. The van der Waals surface area contributed by atoms with Gasteiger partial charge in [0.15, 0.2) is 0 Å². The largest absolute Gasteiger partial charge is 0.496 e. The molecule has 2 aromatic carbocycles. The van der Waals surface area contributed by atoms with E-state index in [1.807, 2.05) is 18.2 Å². The van der Waals surface area contributed by atoms with Gasteiger partial charge in [-0.1, -0.05) is 24.3 Å². The highest BCUT2D eigenvalue weighted by atomic mass is 16.5. The molecule has 1 aliphatic rings.